The molecular weight excluding hydrogens is 1740 g/mol. The number of para-hydroxylation sites is 1. The average molecular weight is 1880 g/mol. The van der Waals surface area contributed by atoms with E-state index in [1.807, 2.05) is 58.3 Å². The second-order valence-corrected chi connectivity index (χ2v) is 27.7. The lowest BCUT2D eigenvalue weighted by Gasteiger charge is -2.27. The number of halogens is 1. The second-order valence-electron chi connectivity index (χ2n) is 27.7. The fourth-order valence-corrected chi connectivity index (χ4v) is 9.96. The van der Waals surface area contributed by atoms with Gasteiger partial charge in [-0.2, -0.15) is 0 Å². The zero-order valence-electron chi connectivity index (χ0n) is 72.9. The number of amides is 5. The maximum Gasteiger partial charge on any atom is 0.304 e. The van der Waals surface area contributed by atoms with E-state index < -0.39 is 35.8 Å². The number of fused-ring (bicyclic) bond motifs is 2. The number of carboxylic acids is 6. The zero-order chi connectivity index (χ0) is 93.2. The Bertz CT molecular complexity index is 3520. The molecule has 0 atom stereocenters. The van der Waals surface area contributed by atoms with Crippen molar-refractivity contribution in [1.82, 2.24) is 45.8 Å². The molecule has 0 aliphatic carbocycles. The number of hydrogen-bond donors (Lipinski definition) is 14. The third-order valence-corrected chi connectivity index (χ3v) is 16.3. The number of carboxylic acid groups (broad SMARTS) is 6. The van der Waals surface area contributed by atoms with Crippen LogP contribution in [0, 0.1) is 73.6 Å². The van der Waals surface area contributed by atoms with Gasteiger partial charge in [-0.05, 0) is 29.7 Å². The molecule has 0 saturated carbocycles. The maximum atomic E-state index is 13.2. The van der Waals surface area contributed by atoms with Crippen molar-refractivity contribution < 1.29 is 140 Å². The number of nitrogens with one attached hydrogen (secondary N) is 4. The summed E-state index contributed by atoms with van der Waals surface area (Å²) in [6.07, 6.45) is 26.6. The first-order valence-electron chi connectivity index (χ1n) is 40.6. The van der Waals surface area contributed by atoms with E-state index in [9.17, 15) is 52.7 Å². The zero-order valence-corrected chi connectivity index (χ0v) is 75.0. The van der Waals surface area contributed by atoms with Crippen LogP contribution in [0.3, 0.4) is 0 Å². The number of hydrogen-bond acceptors (Lipinski definition) is 26. The first-order chi connectivity index (χ1) is 59.4. The lowest BCUT2D eigenvalue weighted by molar-refractivity contribution is -0.862. The molecule has 1 aliphatic rings. The van der Waals surface area contributed by atoms with Crippen molar-refractivity contribution in [2.45, 2.75) is 77.2 Å². The molecule has 38 nitrogen and oxygen atoms in total. The first kappa shape index (κ1) is 121. The molecule has 0 spiro atoms. The quantitative estimate of drug-likeness (QED) is 0.0128. The fourth-order valence-electron chi connectivity index (χ4n) is 9.96. The highest BCUT2D eigenvalue weighted by Crippen LogP contribution is 2.26. The Hall–Kier alpha value is -9.94. The molecule has 0 radical (unpaired) electrons. The summed E-state index contributed by atoms with van der Waals surface area (Å²) in [4.78, 5) is 134. The largest absolute Gasteiger partial charge is 1.00 e. The second kappa shape index (κ2) is 83.6. The van der Waals surface area contributed by atoms with Crippen LogP contribution in [0.5, 0.6) is 0 Å². The van der Waals surface area contributed by atoms with Crippen LogP contribution in [0.4, 0.5) is 5.69 Å². The lowest BCUT2D eigenvalue weighted by atomic mass is 10.0. The third kappa shape index (κ3) is 79.7. The summed E-state index contributed by atoms with van der Waals surface area (Å²) >= 11 is 0. The van der Waals surface area contributed by atoms with Crippen molar-refractivity contribution in [1.29, 1.82) is 0 Å². The fraction of sp³-hybridized carbons (Fsp3) is 0.593. The summed E-state index contributed by atoms with van der Waals surface area (Å²) < 4.78 is 32.5. The summed E-state index contributed by atoms with van der Waals surface area (Å²) in [6.45, 7) is 15.4. The van der Waals surface area contributed by atoms with Gasteiger partial charge in [0.15, 0.2) is 0 Å². The van der Waals surface area contributed by atoms with Gasteiger partial charge in [-0.3, -0.25) is 67.4 Å². The van der Waals surface area contributed by atoms with E-state index in [1.54, 1.807) is 19.6 Å². The van der Waals surface area contributed by atoms with Crippen molar-refractivity contribution in [3.05, 3.63) is 65.2 Å². The minimum atomic E-state index is -0.959. The minimum Gasteiger partial charge on any atom is -1.00 e. The minimum absolute atomic E-state index is 0. The highest BCUT2D eigenvalue weighted by Gasteiger charge is 2.23. The molecule has 0 saturated heterocycles. The molecule has 1 aliphatic heterocycles. The Balaban J connectivity index is -0.000000730. The molecule has 0 aromatic heterocycles. The Morgan fingerprint density at radius 3 is 0.968 bits per heavy atom. The molecular formula is C86H136IN15O23. The number of ether oxygens (including phenoxy) is 6. The van der Waals surface area contributed by atoms with Gasteiger partial charge in [0.05, 0.1) is 151 Å². The number of benzene rings is 2. The van der Waals surface area contributed by atoms with Gasteiger partial charge in [-0.1, -0.05) is 65.9 Å². The summed E-state index contributed by atoms with van der Waals surface area (Å²) in [6, 6.07) is 15.2. The van der Waals surface area contributed by atoms with E-state index in [0.717, 1.165) is 33.4 Å². The molecule has 2 aromatic rings. The Morgan fingerprint density at radius 2 is 0.656 bits per heavy atom. The van der Waals surface area contributed by atoms with Crippen molar-refractivity contribution in [3.63, 3.8) is 0 Å². The maximum absolute atomic E-state index is 13.2. The number of nitrogens with zero attached hydrogens (tertiary/aromatic N) is 7. The Kier molecular flexibility index (Phi) is 81.2. The van der Waals surface area contributed by atoms with Gasteiger partial charge < -0.3 is 146 Å². The van der Waals surface area contributed by atoms with Crippen molar-refractivity contribution in [2.24, 2.45) is 22.9 Å². The summed E-state index contributed by atoms with van der Waals surface area (Å²) in [5.41, 5.74) is 24.7. The van der Waals surface area contributed by atoms with Gasteiger partial charge in [0.25, 0.3) is 0 Å². The normalized spacial score (nSPS) is 10.7. The van der Waals surface area contributed by atoms with E-state index in [1.165, 1.54) is 0 Å². The third-order valence-electron chi connectivity index (χ3n) is 16.3. The molecule has 2 aromatic carbocycles. The van der Waals surface area contributed by atoms with Crippen LogP contribution in [0.1, 0.15) is 87.3 Å². The number of nitrogens with two attached hydrogens (primary N) is 4. The number of quaternary nitrogens is 1. The lowest BCUT2D eigenvalue weighted by Crippen LogP contribution is -3.00. The van der Waals surface area contributed by atoms with Crippen molar-refractivity contribution in [2.75, 3.05) is 262 Å². The highest BCUT2D eigenvalue weighted by atomic mass is 127. The van der Waals surface area contributed by atoms with Crippen LogP contribution < -0.4 is 73.1 Å². The number of carbonyl (C=O) groups excluding carboxylic acids is 5. The van der Waals surface area contributed by atoms with E-state index in [2.05, 4.69) is 83.9 Å². The summed E-state index contributed by atoms with van der Waals surface area (Å²) in [5.74, 6) is 12.6. The van der Waals surface area contributed by atoms with Gasteiger partial charge in [0.1, 0.15) is 19.8 Å². The van der Waals surface area contributed by atoms with Crippen LogP contribution in [0.2, 0.25) is 0 Å². The van der Waals surface area contributed by atoms with Crippen molar-refractivity contribution in [3.8, 4) is 73.6 Å². The molecule has 0 bridgehead atoms. The van der Waals surface area contributed by atoms with Crippen LogP contribution in [-0.4, -0.2) is 382 Å². The molecule has 125 heavy (non-hydrogen) atoms. The predicted molar refractivity (Wildman–Crippen MR) is 469 cm³/mol. The van der Waals surface area contributed by atoms with Gasteiger partial charge in [0, 0.05) is 181 Å². The van der Waals surface area contributed by atoms with E-state index >= 15 is 0 Å². The summed E-state index contributed by atoms with van der Waals surface area (Å²) in [5, 5.41) is 62.9. The molecule has 700 valence electrons. The van der Waals surface area contributed by atoms with Crippen LogP contribution >= 0.6 is 0 Å². The standard InChI is InChI=1S/C24H24N2O5.C19H37N5O5.C15H25NO7.C13H25N5O2.C9H13NO4.C6H12N.HI/c27-22(11-14-25(15-12-23(28)29)16-13-24(30)31)26-17-20-7-2-1-5-18(20)9-10-19-6-3-4-8-21(19)26;1-2-12-27-14-16-29-17-15-28-13-11-24(9-3-18(25)22-7-5-20)10-4-19(26)23-8-6-21;1-2-8-21-10-12-23-13-11-22-9-7-16(5-3-14(17)18)6-4-15(19)20;1-2-9-18(10-3-12(19)16-7-5-14)11-4-13(20)17-8-6-15;1-2-5-10(6-3-8(11)12)7-4-9(13)14;1-5-6-7(2,3)4;/h1-8H,11-17H2,(H,28,29)(H,30,31);1H,3-17,20-21H2,(H,22,25)(H,23,26);1H,3-13H2,(H,17,18)(H,19,20);1H,3-11,14-15H2,(H,16,19)(H,17,20);1H,3-7H2,(H,11,12)(H,13,14);1H,6H2,2-4H3;1H/q;;;;;+1;/p-1. The number of rotatable bonds is 64. The van der Waals surface area contributed by atoms with Crippen molar-refractivity contribution >= 4 is 71.0 Å². The number of carbonyl (C=O) groups is 11. The molecule has 39 heteroatoms. The molecule has 3 rings (SSSR count). The smallest absolute Gasteiger partial charge is 0.304 e. The monoisotopic (exact) mass is 1870 g/mol. The molecule has 18 N–H and O–H groups in total. The number of aliphatic carboxylic acids is 6. The molecule has 5 amide bonds. The average Bonchev–Trinajstić information content (AvgIpc) is 0.804. The molecule has 0 unspecified atom stereocenters. The van der Waals surface area contributed by atoms with Crippen LogP contribution in [-0.2, 0) is 87.7 Å². The van der Waals surface area contributed by atoms with E-state index in [4.69, 9.17) is 114 Å². The summed E-state index contributed by atoms with van der Waals surface area (Å²) in [7, 11) is 6.21. The highest BCUT2D eigenvalue weighted by molar-refractivity contribution is 5.95. The van der Waals surface area contributed by atoms with Crippen LogP contribution in [0.25, 0.3) is 0 Å². The first-order valence-corrected chi connectivity index (χ1v) is 40.6. The van der Waals surface area contributed by atoms with E-state index in [-0.39, 0.29) is 151 Å². The molecule has 1 heterocycles. The van der Waals surface area contributed by atoms with Gasteiger partial charge >= 0.3 is 35.8 Å². The number of terminal acetylenes is 5. The van der Waals surface area contributed by atoms with Gasteiger partial charge in [-0.15, -0.1) is 32.1 Å². The Labute approximate surface area is 754 Å². The van der Waals surface area contributed by atoms with Gasteiger partial charge in [0.2, 0.25) is 29.5 Å². The SMILES string of the molecule is C#CCN(CCC(=O)NCCN)CCC(=O)NCCN.C#CCN(CCC(=O)O)CCC(=O)O.C#CCOCCOCCOCCN(CCC(=O)NCCN)CCC(=O)NCCN.C#CCOCCOCCOCCN(CCC(=O)O)CCC(=O)O.C#CC[N+](C)(C)C.O=C(O)CCN(CCC(=O)O)CCC(=O)N1Cc2ccccc2C#Cc2ccccc21.[I-]. The van der Waals surface area contributed by atoms with Crippen LogP contribution in [0.15, 0.2) is 48.5 Å². The Morgan fingerprint density at radius 1 is 0.376 bits per heavy atom. The molecule has 0 fully saturated rings. The van der Waals surface area contributed by atoms with Gasteiger partial charge in [-0.25, -0.2) is 0 Å². The predicted octanol–water partition coefficient (Wildman–Crippen LogP) is -4.55. The number of anilines is 1. The van der Waals surface area contributed by atoms with E-state index in [0.29, 0.717) is 210 Å². The topological polar surface area (TPSA) is 536 Å².